The van der Waals surface area contributed by atoms with Gasteiger partial charge in [0.1, 0.15) is 0 Å². The van der Waals surface area contributed by atoms with Crippen molar-refractivity contribution in [3.8, 4) is 17.1 Å². The van der Waals surface area contributed by atoms with Crippen molar-refractivity contribution in [2.24, 2.45) is 12.8 Å². The summed E-state index contributed by atoms with van der Waals surface area (Å²) in [7, 11) is 1.41. The largest absolute Gasteiger partial charge is 0.435 e. The molecule has 0 saturated heterocycles. The Kier molecular flexibility index (Phi) is 6.98. The molecule has 0 spiro atoms. The van der Waals surface area contributed by atoms with Crippen molar-refractivity contribution in [1.29, 1.82) is 0 Å². The molecule has 0 unspecified atom stereocenters. The van der Waals surface area contributed by atoms with Crippen LogP contribution in [0.2, 0.25) is 5.02 Å². The van der Waals surface area contributed by atoms with Crippen LogP contribution in [-0.2, 0) is 13.2 Å². The first-order valence-electron chi connectivity index (χ1n) is 12.0. The molecule has 0 bridgehead atoms. The molecule has 5 rings (SSSR count). The molecule has 1 aliphatic rings. The Morgan fingerprint density at radius 2 is 1.85 bits per heavy atom. The summed E-state index contributed by atoms with van der Waals surface area (Å²) in [6.45, 7) is 0. The van der Waals surface area contributed by atoms with Gasteiger partial charge in [-0.3, -0.25) is 9.59 Å². The summed E-state index contributed by atoms with van der Waals surface area (Å²) in [5.74, 6) is -1.10. The Labute approximate surface area is 230 Å². The Morgan fingerprint density at radius 1 is 1.10 bits per heavy atom. The van der Waals surface area contributed by atoms with Crippen molar-refractivity contribution in [1.82, 2.24) is 29.6 Å². The zero-order valence-corrected chi connectivity index (χ0v) is 21.7. The molecule has 15 heteroatoms. The molecule has 6 N–H and O–H groups in total. The number of anilines is 2. The summed E-state index contributed by atoms with van der Waals surface area (Å²) in [5.41, 5.74) is 10.7. The second kappa shape index (κ2) is 10.3. The average Bonchev–Trinajstić information content (AvgIpc) is 3.47. The molecule has 0 atom stereocenters. The summed E-state index contributed by atoms with van der Waals surface area (Å²) in [6, 6.07) is 7.32. The van der Waals surface area contributed by atoms with E-state index in [2.05, 4.69) is 25.7 Å². The first-order valence-corrected chi connectivity index (χ1v) is 12.4. The minimum absolute atomic E-state index is 0.0000610. The average molecular weight is 574 g/mol. The maximum absolute atomic E-state index is 13.9. The van der Waals surface area contributed by atoms with Crippen LogP contribution in [0.3, 0.4) is 0 Å². The molecule has 1 aromatic carbocycles. The van der Waals surface area contributed by atoms with Crippen LogP contribution in [0.15, 0.2) is 48.9 Å². The molecule has 4 aromatic rings. The molecule has 3 aromatic heterocycles. The highest BCUT2D eigenvalue weighted by Crippen LogP contribution is 2.37. The summed E-state index contributed by atoms with van der Waals surface area (Å²) in [4.78, 5) is 33.5. The Hall–Kier alpha value is -4.43. The number of nitrogens with one attached hydrogen (secondary N) is 2. The molecule has 1 saturated carbocycles. The van der Waals surface area contributed by atoms with Crippen molar-refractivity contribution in [3.63, 3.8) is 0 Å². The topological polar surface area (TPSA) is 159 Å². The van der Waals surface area contributed by atoms with Gasteiger partial charge in [0, 0.05) is 31.0 Å². The van der Waals surface area contributed by atoms with E-state index in [9.17, 15) is 22.8 Å². The third kappa shape index (κ3) is 5.35. The maximum Gasteiger partial charge on any atom is 0.435 e. The number of pyridine rings is 1. The van der Waals surface area contributed by atoms with Gasteiger partial charge in [0.2, 0.25) is 0 Å². The van der Waals surface area contributed by atoms with Crippen LogP contribution < -0.4 is 22.1 Å². The van der Waals surface area contributed by atoms with E-state index in [0.717, 1.165) is 17.1 Å². The molecular weight excluding hydrogens is 551 g/mol. The van der Waals surface area contributed by atoms with Gasteiger partial charge in [-0.05, 0) is 43.2 Å². The molecule has 0 radical (unpaired) electrons. The lowest BCUT2D eigenvalue weighted by Crippen LogP contribution is -2.50. The fourth-order valence-corrected chi connectivity index (χ4v) is 4.57. The van der Waals surface area contributed by atoms with E-state index in [1.807, 2.05) is 0 Å². The quantitative estimate of drug-likeness (QED) is 0.275. The summed E-state index contributed by atoms with van der Waals surface area (Å²) in [6.07, 6.45) is 0.178. The number of halogens is 4. The zero-order valence-electron chi connectivity index (χ0n) is 20.9. The van der Waals surface area contributed by atoms with E-state index in [1.54, 1.807) is 0 Å². The standard InChI is InChI=1S/C25H23ClF3N9O2/c1-37-19(17-11-38(36-21(17)25(27,28)29)20-5-2-12(30)9-32-20)10-33-22(37)24(40)34-14-3-4-16(18(26)8-14)23(39)35-15-6-13(31)7-15/h2-5,8-11,13,15H,6-7,30-31H2,1H3,(H,34,40)(H,35,39)/t13-,15+. The van der Waals surface area contributed by atoms with Crippen LogP contribution in [-0.4, -0.2) is 48.2 Å². The third-order valence-corrected chi connectivity index (χ3v) is 6.75. The minimum Gasteiger partial charge on any atom is -0.397 e. The number of nitrogens with two attached hydrogens (primary N) is 2. The molecule has 1 aliphatic carbocycles. The number of amides is 2. The maximum atomic E-state index is 13.9. The molecule has 40 heavy (non-hydrogen) atoms. The van der Waals surface area contributed by atoms with Gasteiger partial charge in [-0.15, -0.1) is 0 Å². The monoisotopic (exact) mass is 573 g/mol. The van der Waals surface area contributed by atoms with Crippen LogP contribution in [0.25, 0.3) is 17.1 Å². The molecule has 11 nitrogen and oxygen atoms in total. The van der Waals surface area contributed by atoms with E-state index in [-0.39, 0.29) is 57.2 Å². The van der Waals surface area contributed by atoms with Crippen molar-refractivity contribution in [2.75, 3.05) is 11.1 Å². The van der Waals surface area contributed by atoms with Gasteiger partial charge in [0.25, 0.3) is 11.8 Å². The predicted molar refractivity (Wildman–Crippen MR) is 141 cm³/mol. The highest BCUT2D eigenvalue weighted by atomic mass is 35.5. The Balaban J connectivity index is 1.37. The lowest BCUT2D eigenvalue weighted by atomic mass is 9.87. The van der Waals surface area contributed by atoms with Gasteiger partial charge < -0.3 is 26.7 Å². The number of nitrogen functional groups attached to an aromatic ring is 1. The van der Waals surface area contributed by atoms with Gasteiger partial charge in [-0.1, -0.05) is 11.6 Å². The SMILES string of the molecule is Cn1c(-c2cn(-c3ccc(N)cn3)nc2C(F)(F)F)cnc1C(=O)Nc1ccc(C(=O)N[C@H]2C[C@@H](N)C2)c(Cl)c1. The van der Waals surface area contributed by atoms with Gasteiger partial charge >= 0.3 is 6.18 Å². The number of aromatic nitrogens is 5. The van der Waals surface area contributed by atoms with E-state index >= 15 is 0 Å². The molecule has 2 amide bonds. The van der Waals surface area contributed by atoms with Crippen LogP contribution in [0.1, 0.15) is 39.5 Å². The number of benzene rings is 1. The highest BCUT2D eigenvalue weighted by Gasteiger charge is 2.39. The lowest BCUT2D eigenvalue weighted by Gasteiger charge is -2.33. The number of hydrogen-bond acceptors (Lipinski definition) is 7. The van der Waals surface area contributed by atoms with E-state index < -0.39 is 17.8 Å². The van der Waals surface area contributed by atoms with Gasteiger partial charge in [0.15, 0.2) is 17.3 Å². The van der Waals surface area contributed by atoms with Crippen molar-refractivity contribution in [3.05, 3.63) is 71.0 Å². The number of alkyl halides is 3. The van der Waals surface area contributed by atoms with Crippen molar-refractivity contribution < 1.29 is 22.8 Å². The fourth-order valence-electron chi connectivity index (χ4n) is 4.30. The number of nitrogens with zero attached hydrogens (tertiary/aromatic N) is 5. The second-order valence-corrected chi connectivity index (χ2v) is 9.77. The number of imidazole rings is 1. The third-order valence-electron chi connectivity index (χ3n) is 6.44. The van der Waals surface area contributed by atoms with Crippen LogP contribution in [0, 0.1) is 0 Å². The zero-order chi connectivity index (χ0) is 28.8. The van der Waals surface area contributed by atoms with Crippen molar-refractivity contribution >= 4 is 34.8 Å². The number of hydrogen-bond donors (Lipinski definition) is 4. The first-order chi connectivity index (χ1) is 18.9. The number of rotatable bonds is 6. The van der Waals surface area contributed by atoms with Gasteiger partial charge in [-0.2, -0.15) is 18.3 Å². The van der Waals surface area contributed by atoms with E-state index in [4.69, 9.17) is 23.1 Å². The molecule has 0 aliphatic heterocycles. The van der Waals surface area contributed by atoms with Crippen LogP contribution in [0.4, 0.5) is 24.5 Å². The van der Waals surface area contributed by atoms with Crippen LogP contribution >= 0.6 is 11.6 Å². The second-order valence-electron chi connectivity index (χ2n) is 9.36. The number of carbonyl (C=O) groups is 2. The summed E-state index contributed by atoms with van der Waals surface area (Å²) in [5, 5.41) is 9.23. The molecule has 1 fully saturated rings. The number of carbonyl (C=O) groups excluding carboxylic acids is 2. The minimum atomic E-state index is -4.80. The van der Waals surface area contributed by atoms with Gasteiger partial charge in [0.05, 0.1) is 39.9 Å². The molecular formula is C25H23ClF3N9O2. The van der Waals surface area contributed by atoms with E-state index in [1.165, 1.54) is 48.1 Å². The van der Waals surface area contributed by atoms with Crippen molar-refractivity contribution in [2.45, 2.75) is 31.1 Å². The first kappa shape index (κ1) is 27.1. The summed E-state index contributed by atoms with van der Waals surface area (Å²) < 4.78 is 43.8. The van der Waals surface area contributed by atoms with E-state index in [0.29, 0.717) is 18.5 Å². The smallest absolute Gasteiger partial charge is 0.397 e. The van der Waals surface area contributed by atoms with Crippen LogP contribution in [0.5, 0.6) is 0 Å². The Morgan fingerprint density at radius 3 is 2.48 bits per heavy atom. The lowest BCUT2D eigenvalue weighted by molar-refractivity contribution is -0.140. The Bertz CT molecular complexity index is 1590. The molecule has 208 valence electrons. The summed E-state index contributed by atoms with van der Waals surface area (Å²) >= 11 is 6.28. The van der Waals surface area contributed by atoms with Gasteiger partial charge in [-0.25, -0.2) is 14.6 Å². The normalized spacial score (nSPS) is 16.9. The molecule has 3 heterocycles. The predicted octanol–water partition coefficient (Wildman–Crippen LogP) is 3.39. The fraction of sp³-hybridized carbons (Fsp3) is 0.240. The highest BCUT2D eigenvalue weighted by molar-refractivity contribution is 6.34.